The van der Waals surface area contributed by atoms with E-state index in [4.69, 9.17) is 15.3 Å². The number of aliphatic hydroxyl groups is 3. The summed E-state index contributed by atoms with van der Waals surface area (Å²) >= 11 is 0. The van der Waals surface area contributed by atoms with Gasteiger partial charge in [-0.05, 0) is 19.9 Å². The van der Waals surface area contributed by atoms with Gasteiger partial charge in [-0.2, -0.15) is 0 Å². The molecule has 68 valence electrons. The van der Waals surface area contributed by atoms with E-state index in [2.05, 4.69) is 5.32 Å². The molecule has 2 unspecified atom stereocenters. The average molecular weight is 163 g/mol. The monoisotopic (exact) mass is 163 g/mol. The molecule has 0 radical (unpaired) electrons. The van der Waals surface area contributed by atoms with Crippen molar-refractivity contribution < 1.29 is 15.3 Å². The molecule has 0 aliphatic rings. The minimum absolute atomic E-state index is 0.221. The van der Waals surface area contributed by atoms with E-state index in [1.165, 1.54) is 0 Å². The molecule has 0 fully saturated rings. The number of nitrogens with one attached hydrogen (secondary N) is 1. The Morgan fingerprint density at radius 3 is 2.45 bits per heavy atom. The SMILES string of the molecule is CC(O)CCNCC(O)CO. The lowest BCUT2D eigenvalue weighted by Crippen LogP contribution is -2.30. The predicted octanol–water partition coefficient (Wildman–Crippen LogP) is -1.30. The molecule has 4 heteroatoms. The lowest BCUT2D eigenvalue weighted by Gasteiger charge is -2.09. The average Bonchev–Trinajstić information content (AvgIpc) is 1.97. The fourth-order valence-corrected chi connectivity index (χ4v) is 0.644. The fraction of sp³-hybridized carbons (Fsp3) is 1.00. The van der Waals surface area contributed by atoms with Crippen molar-refractivity contribution in [3.8, 4) is 0 Å². The Morgan fingerprint density at radius 2 is 2.00 bits per heavy atom. The van der Waals surface area contributed by atoms with E-state index in [9.17, 15) is 0 Å². The zero-order chi connectivity index (χ0) is 8.69. The quantitative estimate of drug-likeness (QED) is 0.367. The van der Waals surface area contributed by atoms with Gasteiger partial charge in [0.05, 0.1) is 18.8 Å². The summed E-state index contributed by atoms with van der Waals surface area (Å²) in [5.74, 6) is 0. The summed E-state index contributed by atoms with van der Waals surface area (Å²) in [6.45, 7) is 2.53. The predicted molar refractivity (Wildman–Crippen MR) is 42.3 cm³/mol. The number of hydrogen-bond acceptors (Lipinski definition) is 4. The van der Waals surface area contributed by atoms with Crippen molar-refractivity contribution in [1.82, 2.24) is 5.32 Å². The van der Waals surface area contributed by atoms with Gasteiger partial charge in [0, 0.05) is 6.54 Å². The second-order valence-corrected chi connectivity index (χ2v) is 2.68. The molecule has 0 bridgehead atoms. The third-order valence-electron chi connectivity index (χ3n) is 1.33. The van der Waals surface area contributed by atoms with Crippen molar-refractivity contribution in [2.75, 3.05) is 19.7 Å². The number of hydrogen-bond donors (Lipinski definition) is 4. The van der Waals surface area contributed by atoms with Gasteiger partial charge >= 0.3 is 0 Å². The molecule has 0 rings (SSSR count). The zero-order valence-electron chi connectivity index (χ0n) is 6.82. The van der Waals surface area contributed by atoms with Gasteiger partial charge in [0.15, 0.2) is 0 Å². The van der Waals surface area contributed by atoms with Crippen LogP contribution in [0.15, 0.2) is 0 Å². The molecule has 0 spiro atoms. The Balaban J connectivity index is 3.01. The summed E-state index contributed by atoms with van der Waals surface area (Å²) in [6.07, 6.45) is -0.337. The summed E-state index contributed by atoms with van der Waals surface area (Å²) in [4.78, 5) is 0. The Hall–Kier alpha value is -0.160. The molecule has 11 heavy (non-hydrogen) atoms. The van der Waals surface area contributed by atoms with Gasteiger partial charge in [0.2, 0.25) is 0 Å². The van der Waals surface area contributed by atoms with E-state index >= 15 is 0 Å². The van der Waals surface area contributed by atoms with E-state index in [1.807, 2.05) is 0 Å². The molecule has 0 heterocycles. The van der Waals surface area contributed by atoms with Crippen molar-refractivity contribution in [1.29, 1.82) is 0 Å². The highest BCUT2D eigenvalue weighted by Gasteiger charge is 2.00. The van der Waals surface area contributed by atoms with Crippen molar-refractivity contribution in [3.63, 3.8) is 0 Å². The van der Waals surface area contributed by atoms with E-state index in [-0.39, 0.29) is 12.7 Å². The maximum absolute atomic E-state index is 8.85. The van der Waals surface area contributed by atoms with Gasteiger partial charge in [0.1, 0.15) is 0 Å². The molecule has 4 N–H and O–H groups in total. The third kappa shape index (κ3) is 7.74. The lowest BCUT2D eigenvalue weighted by molar-refractivity contribution is 0.0931. The van der Waals surface area contributed by atoms with E-state index in [0.717, 1.165) is 0 Å². The van der Waals surface area contributed by atoms with Crippen molar-refractivity contribution in [3.05, 3.63) is 0 Å². The van der Waals surface area contributed by atoms with Crippen LogP contribution in [0.4, 0.5) is 0 Å². The first-order valence-electron chi connectivity index (χ1n) is 3.84. The van der Waals surface area contributed by atoms with Gasteiger partial charge in [-0.25, -0.2) is 0 Å². The summed E-state index contributed by atoms with van der Waals surface area (Å²) in [5.41, 5.74) is 0. The van der Waals surface area contributed by atoms with Crippen LogP contribution in [-0.4, -0.2) is 47.2 Å². The Labute approximate surface area is 66.9 Å². The smallest absolute Gasteiger partial charge is 0.0894 e. The second kappa shape index (κ2) is 6.54. The van der Waals surface area contributed by atoms with E-state index in [0.29, 0.717) is 19.5 Å². The molecule has 0 aliphatic heterocycles. The summed E-state index contributed by atoms with van der Waals surface area (Å²) in [5, 5.41) is 29.0. The van der Waals surface area contributed by atoms with Gasteiger partial charge in [-0.1, -0.05) is 0 Å². The van der Waals surface area contributed by atoms with Crippen LogP contribution in [0.25, 0.3) is 0 Å². The Kier molecular flexibility index (Phi) is 6.45. The van der Waals surface area contributed by atoms with Crippen LogP contribution >= 0.6 is 0 Å². The van der Waals surface area contributed by atoms with Crippen LogP contribution in [0.5, 0.6) is 0 Å². The van der Waals surface area contributed by atoms with Crippen LogP contribution in [-0.2, 0) is 0 Å². The lowest BCUT2D eigenvalue weighted by atomic mass is 10.3. The molecule has 2 atom stereocenters. The summed E-state index contributed by atoms with van der Waals surface area (Å²) in [6, 6.07) is 0. The minimum atomic E-state index is -0.691. The van der Waals surface area contributed by atoms with E-state index < -0.39 is 6.10 Å². The standard InChI is InChI=1S/C7H17NO3/c1-6(10)2-3-8-4-7(11)5-9/h6-11H,2-5H2,1H3. The first-order valence-corrected chi connectivity index (χ1v) is 3.84. The first-order chi connectivity index (χ1) is 5.16. The molecule has 0 aliphatic carbocycles. The van der Waals surface area contributed by atoms with Crippen LogP contribution in [0.2, 0.25) is 0 Å². The summed E-state index contributed by atoms with van der Waals surface area (Å²) < 4.78 is 0. The molecule has 4 nitrogen and oxygen atoms in total. The normalized spacial score (nSPS) is 16.4. The molecule has 0 aromatic carbocycles. The molecule has 0 aromatic rings. The van der Waals surface area contributed by atoms with Crippen LogP contribution < -0.4 is 5.32 Å². The molecular weight excluding hydrogens is 146 g/mol. The Bertz CT molecular complexity index is 87.8. The second-order valence-electron chi connectivity index (χ2n) is 2.68. The van der Waals surface area contributed by atoms with Crippen molar-refractivity contribution in [2.45, 2.75) is 25.6 Å². The number of aliphatic hydroxyl groups excluding tert-OH is 3. The van der Waals surface area contributed by atoms with E-state index in [1.54, 1.807) is 6.92 Å². The topological polar surface area (TPSA) is 72.7 Å². The molecule has 0 saturated heterocycles. The zero-order valence-corrected chi connectivity index (χ0v) is 6.82. The van der Waals surface area contributed by atoms with Crippen molar-refractivity contribution in [2.24, 2.45) is 0 Å². The maximum atomic E-state index is 8.85. The van der Waals surface area contributed by atoms with Gasteiger partial charge in [0.25, 0.3) is 0 Å². The Morgan fingerprint density at radius 1 is 1.36 bits per heavy atom. The molecular formula is C7H17NO3. The van der Waals surface area contributed by atoms with Crippen molar-refractivity contribution >= 4 is 0 Å². The third-order valence-corrected chi connectivity index (χ3v) is 1.33. The van der Waals surface area contributed by atoms with Crippen LogP contribution in [0.3, 0.4) is 0 Å². The molecule has 0 aromatic heterocycles. The highest BCUT2D eigenvalue weighted by molar-refractivity contribution is 4.58. The number of rotatable bonds is 6. The van der Waals surface area contributed by atoms with Crippen LogP contribution in [0, 0.1) is 0 Å². The maximum Gasteiger partial charge on any atom is 0.0894 e. The van der Waals surface area contributed by atoms with Gasteiger partial charge in [-0.3, -0.25) is 0 Å². The summed E-state index contributed by atoms with van der Waals surface area (Å²) in [7, 11) is 0. The molecule has 0 amide bonds. The van der Waals surface area contributed by atoms with Gasteiger partial charge < -0.3 is 20.6 Å². The minimum Gasteiger partial charge on any atom is -0.394 e. The van der Waals surface area contributed by atoms with Crippen LogP contribution in [0.1, 0.15) is 13.3 Å². The highest BCUT2D eigenvalue weighted by Crippen LogP contribution is 1.86. The molecule has 0 saturated carbocycles. The largest absolute Gasteiger partial charge is 0.394 e. The van der Waals surface area contributed by atoms with Gasteiger partial charge in [-0.15, -0.1) is 0 Å². The highest BCUT2D eigenvalue weighted by atomic mass is 16.3. The fourth-order valence-electron chi connectivity index (χ4n) is 0.644. The first kappa shape index (κ1) is 10.8.